The van der Waals surface area contributed by atoms with E-state index in [1.165, 1.54) is 9.35 Å². The zero-order valence-corrected chi connectivity index (χ0v) is 10.2. The van der Waals surface area contributed by atoms with Crippen molar-refractivity contribution in [2.45, 2.75) is 5.41 Å². The number of halogens is 1. The maximum absolute atomic E-state index is 5.42. The number of nitrogens with one attached hydrogen (secondary N) is 1. The Bertz CT molecular complexity index is 344. The van der Waals surface area contributed by atoms with Crippen LogP contribution in [0.5, 0.6) is 0 Å². The number of rotatable bonds is 2. The van der Waals surface area contributed by atoms with Crippen molar-refractivity contribution in [3.05, 3.63) is 20.8 Å². The van der Waals surface area contributed by atoms with Crippen molar-refractivity contribution in [1.82, 2.24) is 5.32 Å². The highest BCUT2D eigenvalue weighted by molar-refractivity contribution is 9.10. The quantitative estimate of drug-likeness (QED) is 0.890. The molecule has 0 bridgehead atoms. The molecule has 2 aliphatic rings. The summed E-state index contributed by atoms with van der Waals surface area (Å²) in [6.07, 6.45) is 0. The summed E-state index contributed by atoms with van der Waals surface area (Å²) in [7, 11) is 0. The highest BCUT2D eigenvalue weighted by atomic mass is 79.9. The van der Waals surface area contributed by atoms with Gasteiger partial charge < -0.3 is 10.1 Å². The second-order valence-electron chi connectivity index (χ2n) is 4.13. The van der Waals surface area contributed by atoms with Crippen molar-refractivity contribution in [1.29, 1.82) is 0 Å². The second kappa shape index (κ2) is 3.30. The summed E-state index contributed by atoms with van der Waals surface area (Å²) in [6, 6.07) is 2.26. The predicted octanol–water partition coefficient (Wildman–Crippen LogP) is 2.00. The van der Waals surface area contributed by atoms with Crippen LogP contribution >= 0.6 is 27.3 Å². The topological polar surface area (TPSA) is 21.3 Å². The summed E-state index contributed by atoms with van der Waals surface area (Å²) in [5, 5.41) is 5.52. The van der Waals surface area contributed by atoms with E-state index in [9.17, 15) is 0 Å². The van der Waals surface area contributed by atoms with Crippen LogP contribution in [0.15, 0.2) is 15.9 Å². The third-order valence-electron chi connectivity index (χ3n) is 3.34. The molecule has 0 atom stereocenters. The van der Waals surface area contributed by atoms with Gasteiger partial charge in [-0.25, -0.2) is 0 Å². The van der Waals surface area contributed by atoms with Crippen molar-refractivity contribution in [3.63, 3.8) is 0 Å². The normalized spacial score (nSPS) is 25.5. The van der Waals surface area contributed by atoms with Crippen LogP contribution in [0.1, 0.15) is 4.88 Å². The van der Waals surface area contributed by atoms with Crippen LogP contribution < -0.4 is 5.32 Å². The summed E-state index contributed by atoms with van der Waals surface area (Å²) in [4.78, 5) is 1.49. The molecule has 3 heterocycles. The molecular formula is C10H12BrNOS. The molecule has 76 valence electrons. The minimum Gasteiger partial charge on any atom is -0.379 e. The third-order valence-corrected chi connectivity index (χ3v) is 5.25. The van der Waals surface area contributed by atoms with Gasteiger partial charge in [0.05, 0.1) is 18.6 Å². The molecule has 14 heavy (non-hydrogen) atoms. The van der Waals surface area contributed by atoms with Crippen molar-refractivity contribution in [2.24, 2.45) is 5.92 Å². The first-order valence-corrected chi connectivity index (χ1v) is 6.51. The van der Waals surface area contributed by atoms with Crippen molar-refractivity contribution < 1.29 is 4.74 Å². The van der Waals surface area contributed by atoms with Crippen LogP contribution in [-0.2, 0) is 10.2 Å². The van der Waals surface area contributed by atoms with E-state index >= 15 is 0 Å². The predicted molar refractivity (Wildman–Crippen MR) is 60.9 cm³/mol. The highest BCUT2D eigenvalue weighted by Gasteiger charge is 2.50. The molecule has 1 aromatic rings. The molecule has 2 nitrogen and oxygen atoms in total. The lowest BCUT2D eigenvalue weighted by molar-refractivity contribution is -0.0991. The molecular weight excluding hydrogens is 262 g/mol. The maximum atomic E-state index is 5.42. The average molecular weight is 274 g/mol. The zero-order valence-electron chi connectivity index (χ0n) is 7.75. The Kier molecular flexibility index (Phi) is 2.20. The van der Waals surface area contributed by atoms with Crippen LogP contribution in [0.3, 0.4) is 0 Å². The lowest BCUT2D eigenvalue weighted by Gasteiger charge is -2.50. The van der Waals surface area contributed by atoms with Gasteiger partial charge in [0, 0.05) is 27.8 Å². The first-order chi connectivity index (χ1) is 6.81. The standard InChI is InChI=1S/C10H12BrNOS/c11-8-1-9(14-4-8)10(5-13-6-10)7-2-12-3-7/h1,4,7,12H,2-3,5-6H2. The fourth-order valence-corrected chi connectivity index (χ4v) is 3.84. The fourth-order valence-electron chi connectivity index (χ4n) is 2.15. The van der Waals surface area contributed by atoms with Crippen LogP contribution in [0.25, 0.3) is 0 Å². The van der Waals surface area contributed by atoms with Crippen molar-refractivity contribution in [2.75, 3.05) is 26.3 Å². The minimum absolute atomic E-state index is 0.335. The van der Waals surface area contributed by atoms with E-state index in [4.69, 9.17) is 4.74 Å². The Morgan fingerprint density at radius 1 is 1.50 bits per heavy atom. The summed E-state index contributed by atoms with van der Waals surface area (Å²) < 4.78 is 6.63. The number of thiophene rings is 1. The molecule has 0 saturated carbocycles. The molecule has 0 aromatic carbocycles. The first kappa shape index (κ1) is 9.33. The summed E-state index contributed by atoms with van der Waals surface area (Å²) in [6.45, 7) is 4.12. The lowest BCUT2D eigenvalue weighted by atomic mass is 9.69. The molecule has 0 radical (unpaired) electrons. The maximum Gasteiger partial charge on any atom is 0.0597 e. The van der Waals surface area contributed by atoms with E-state index in [1.807, 2.05) is 11.3 Å². The summed E-state index contributed by atoms with van der Waals surface area (Å²) >= 11 is 5.38. The fraction of sp³-hybridized carbons (Fsp3) is 0.600. The Morgan fingerprint density at radius 2 is 2.29 bits per heavy atom. The van der Waals surface area contributed by atoms with E-state index in [2.05, 4.69) is 32.7 Å². The number of hydrogen-bond acceptors (Lipinski definition) is 3. The van der Waals surface area contributed by atoms with Gasteiger partial charge in [0.1, 0.15) is 0 Å². The highest BCUT2D eigenvalue weighted by Crippen LogP contribution is 2.44. The van der Waals surface area contributed by atoms with E-state index < -0.39 is 0 Å². The van der Waals surface area contributed by atoms with E-state index in [0.717, 1.165) is 32.2 Å². The van der Waals surface area contributed by atoms with Gasteiger partial charge >= 0.3 is 0 Å². The van der Waals surface area contributed by atoms with E-state index in [-0.39, 0.29) is 0 Å². The van der Waals surface area contributed by atoms with Gasteiger partial charge in [-0.15, -0.1) is 11.3 Å². The molecule has 2 fully saturated rings. The van der Waals surface area contributed by atoms with Crippen molar-refractivity contribution in [3.8, 4) is 0 Å². The van der Waals surface area contributed by atoms with Gasteiger partial charge in [0.25, 0.3) is 0 Å². The van der Waals surface area contributed by atoms with E-state index in [1.54, 1.807) is 0 Å². The Balaban J connectivity index is 1.92. The molecule has 2 saturated heterocycles. The van der Waals surface area contributed by atoms with Crippen LogP contribution in [-0.4, -0.2) is 26.3 Å². The Morgan fingerprint density at radius 3 is 2.64 bits per heavy atom. The molecule has 0 unspecified atom stereocenters. The molecule has 1 aromatic heterocycles. The van der Waals surface area contributed by atoms with Crippen LogP contribution in [0, 0.1) is 5.92 Å². The van der Waals surface area contributed by atoms with Gasteiger partial charge in [-0.3, -0.25) is 0 Å². The van der Waals surface area contributed by atoms with Gasteiger partial charge in [-0.2, -0.15) is 0 Å². The Labute approximate surface area is 95.8 Å². The lowest BCUT2D eigenvalue weighted by Crippen LogP contribution is -2.62. The molecule has 0 aliphatic carbocycles. The average Bonchev–Trinajstić information content (AvgIpc) is 2.40. The SMILES string of the molecule is Brc1csc(C2(C3CNC3)COC2)c1. The first-order valence-electron chi connectivity index (χ1n) is 4.84. The van der Waals surface area contributed by atoms with Gasteiger partial charge in [-0.05, 0) is 27.9 Å². The number of hydrogen-bond donors (Lipinski definition) is 1. The largest absolute Gasteiger partial charge is 0.379 e. The van der Waals surface area contributed by atoms with Crippen molar-refractivity contribution >= 4 is 27.3 Å². The molecule has 0 amide bonds. The summed E-state index contributed by atoms with van der Waals surface area (Å²) in [5.74, 6) is 0.779. The van der Waals surface area contributed by atoms with Crippen LogP contribution in [0.4, 0.5) is 0 Å². The van der Waals surface area contributed by atoms with E-state index in [0.29, 0.717) is 5.41 Å². The number of ether oxygens (including phenoxy) is 1. The summed E-state index contributed by atoms with van der Waals surface area (Å²) in [5.41, 5.74) is 0.335. The van der Waals surface area contributed by atoms with Gasteiger partial charge in [-0.1, -0.05) is 0 Å². The molecule has 3 rings (SSSR count). The molecule has 2 aliphatic heterocycles. The minimum atomic E-state index is 0.335. The zero-order chi connectivity index (χ0) is 9.60. The van der Waals surface area contributed by atoms with Gasteiger partial charge in [0.15, 0.2) is 0 Å². The van der Waals surface area contributed by atoms with Gasteiger partial charge in [0.2, 0.25) is 0 Å². The molecule has 1 N–H and O–H groups in total. The molecule has 0 spiro atoms. The second-order valence-corrected chi connectivity index (χ2v) is 5.96. The Hall–Kier alpha value is 0.1000. The molecule has 4 heteroatoms. The smallest absolute Gasteiger partial charge is 0.0597 e. The van der Waals surface area contributed by atoms with Crippen LogP contribution in [0.2, 0.25) is 0 Å². The monoisotopic (exact) mass is 273 g/mol. The third kappa shape index (κ3) is 1.21.